The minimum atomic E-state index is -4.46. The number of methoxy groups -OCH3 is 1. The van der Waals surface area contributed by atoms with Crippen LogP contribution in [-0.2, 0) is 28.3 Å². The minimum Gasteiger partial charge on any atom is -0.496 e. The number of benzene rings is 2. The van der Waals surface area contributed by atoms with E-state index < -0.39 is 17.3 Å². The summed E-state index contributed by atoms with van der Waals surface area (Å²) in [6.07, 6.45) is -1.07. The van der Waals surface area contributed by atoms with Crippen molar-refractivity contribution >= 4 is 11.8 Å². The number of carbonyl (C=O) groups is 2. The van der Waals surface area contributed by atoms with Gasteiger partial charge in [-0.05, 0) is 53.5 Å². The van der Waals surface area contributed by atoms with Gasteiger partial charge in [-0.1, -0.05) is 72.9 Å². The molecule has 2 N–H and O–H groups in total. The van der Waals surface area contributed by atoms with Crippen LogP contribution < -0.4 is 15.4 Å². The van der Waals surface area contributed by atoms with Crippen molar-refractivity contribution < 1.29 is 27.5 Å². The van der Waals surface area contributed by atoms with Crippen LogP contribution in [0.2, 0.25) is 0 Å². The standard InChI is InChI=1S/C31H41F3N2O3/c1-28(2,3)23-17-21(18-24(25(23)39-7)29(4,5)6)26(37)36-30(14-9-8-10-15-30)27(38)35-19-20-12-11-13-22(16-20)31(32,33)34/h11-13,16-18H,8-10,14-15,19H2,1-7H3,(H,35,38)(H,36,37). The summed E-state index contributed by atoms with van der Waals surface area (Å²) in [6.45, 7) is 12.3. The molecular formula is C31H41F3N2O3. The molecule has 2 aromatic rings. The quantitative estimate of drug-likeness (QED) is 0.408. The number of hydrogen-bond donors (Lipinski definition) is 2. The molecule has 0 radical (unpaired) electrons. The molecule has 2 aromatic carbocycles. The Labute approximate surface area is 229 Å². The monoisotopic (exact) mass is 546 g/mol. The Kier molecular flexibility index (Phi) is 8.78. The number of hydrogen-bond acceptors (Lipinski definition) is 3. The van der Waals surface area contributed by atoms with E-state index in [2.05, 4.69) is 52.2 Å². The predicted octanol–water partition coefficient (Wildman–Crippen LogP) is 7.06. The van der Waals surface area contributed by atoms with Crippen LogP contribution >= 0.6 is 0 Å². The maximum absolute atomic E-state index is 13.8. The highest BCUT2D eigenvalue weighted by atomic mass is 19.4. The number of halogens is 3. The summed E-state index contributed by atoms with van der Waals surface area (Å²) in [5.41, 5.74) is 0.0819. The van der Waals surface area contributed by atoms with Gasteiger partial charge in [0.15, 0.2) is 0 Å². The second-order valence-corrected chi connectivity index (χ2v) is 12.6. The van der Waals surface area contributed by atoms with Crippen LogP contribution in [0.5, 0.6) is 5.75 Å². The van der Waals surface area contributed by atoms with Crippen molar-refractivity contribution in [1.29, 1.82) is 0 Å². The zero-order chi connectivity index (χ0) is 29.2. The number of nitrogens with one attached hydrogen (secondary N) is 2. The van der Waals surface area contributed by atoms with Crippen LogP contribution in [0.1, 0.15) is 106 Å². The molecule has 1 saturated carbocycles. The number of rotatable bonds is 6. The lowest BCUT2D eigenvalue weighted by atomic mass is 9.77. The molecule has 2 amide bonds. The van der Waals surface area contributed by atoms with Gasteiger partial charge in [-0.25, -0.2) is 0 Å². The first-order valence-electron chi connectivity index (χ1n) is 13.5. The molecule has 8 heteroatoms. The molecular weight excluding hydrogens is 505 g/mol. The highest BCUT2D eigenvalue weighted by Gasteiger charge is 2.41. The summed E-state index contributed by atoms with van der Waals surface area (Å²) in [5, 5.41) is 5.84. The van der Waals surface area contributed by atoms with Crippen molar-refractivity contribution in [2.24, 2.45) is 0 Å². The molecule has 3 rings (SSSR count). The Morgan fingerprint density at radius 3 is 1.95 bits per heavy atom. The van der Waals surface area contributed by atoms with Gasteiger partial charge in [-0.2, -0.15) is 13.2 Å². The van der Waals surface area contributed by atoms with Gasteiger partial charge in [-0.15, -0.1) is 0 Å². The smallest absolute Gasteiger partial charge is 0.416 e. The molecule has 0 bridgehead atoms. The third kappa shape index (κ3) is 7.14. The van der Waals surface area contributed by atoms with Gasteiger partial charge >= 0.3 is 6.18 Å². The van der Waals surface area contributed by atoms with Crippen molar-refractivity contribution in [2.45, 2.75) is 103 Å². The van der Waals surface area contributed by atoms with Crippen LogP contribution in [0.3, 0.4) is 0 Å². The molecule has 0 spiro atoms. The first kappa shape index (κ1) is 30.5. The summed E-state index contributed by atoms with van der Waals surface area (Å²) < 4.78 is 45.2. The van der Waals surface area contributed by atoms with Crippen molar-refractivity contribution in [3.8, 4) is 5.75 Å². The highest BCUT2D eigenvalue weighted by Crippen LogP contribution is 2.41. The maximum Gasteiger partial charge on any atom is 0.416 e. The molecule has 214 valence electrons. The lowest BCUT2D eigenvalue weighted by Gasteiger charge is -2.37. The first-order valence-corrected chi connectivity index (χ1v) is 13.5. The third-order valence-electron chi connectivity index (χ3n) is 7.37. The second-order valence-electron chi connectivity index (χ2n) is 12.6. The van der Waals surface area contributed by atoms with Crippen molar-refractivity contribution in [3.05, 3.63) is 64.2 Å². The van der Waals surface area contributed by atoms with Gasteiger partial charge in [-0.3, -0.25) is 9.59 Å². The van der Waals surface area contributed by atoms with Gasteiger partial charge in [0.25, 0.3) is 5.91 Å². The molecule has 1 aliphatic rings. The number of alkyl halides is 3. The Hall–Kier alpha value is -3.03. The van der Waals surface area contributed by atoms with Crippen LogP contribution in [-0.4, -0.2) is 24.5 Å². The largest absolute Gasteiger partial charge is 0.496 e. The Balaban J connectivity index is 1.92. The molecule has 1 aliphatic carbocycles. The van der Waals surface area contributed by atoms with Crippen molar-refractivity contribution in [3.63, 3.8) is 0 Å². The number of amides is 2. The predicted molar refractivity (Wildman–Crippen MR) is 147 cm³/mol. The fraction of sp³-hybridized carbons (Fsp3) is 0.548. The van der Waals surface area contributed by atoms with Crippen LogP contribution in [0.25, 0.3) is 0 Å². The normalized spacial score (nSPS) is 15.9. The fourth-order valence-electron chi connectivity index (χ4n) is 5.16. The Morgan fingerprint density at radius 2 is 1.46 bits per heavy atom. The third-order valence-corrected chi connectivity index (χ3v) is 7.37. The van der Waals surface area contributed by atoms with Crippen molar-refractivity contribution in [2.75, 3.05) is 7.11 Å². The van der Waals surface area contributed by atoms with Crippen molar-refractivity contribution in [1.82, 2.24) is 10.6 Å². The SMILES string of the molecule is COc1c(C(C)(C)C)cc(C(=O)NC2(C(=O)NCc3cccc(C(F)(F)F)c3)CCCCC2)cc1C(C)(C)C. The zero-order valence-electron chi connectivity index (χ0n) is 24.1. The summed E-state index contributed by atoms with van der Waals surface area (Å²) in [5.74, 6) is 0.0103. The molecule has 0 aliphatic heterocycles. The van der Waals surface area contributed by atoms with E-state index >= 15 is 0 Å². The van der Waals surface area contributed by atoms with E-state index in [1.165, 1.54) is 6.07 Å². The van der Waals surface area contributed by atoms with E-state index in [0.29, 0.717) is 24.0 Å². The summed E-state index contributed by atoms with van der Waals surface area (Å²) in [4.78, 5) is 27.3. The van der Waals surface area contributed by atoms with Gasteiger partial charge in [0.2, 0.25) is 5.91 Å². The Bertz CT molecular complexity index is 1170. The fourth-order valence-corrected chi connectivity index (χ4v) is 5.16. The molecule has 0 unspecified atom stereocenters. The minimum absolute atomic E-state index is 0.0642. The number of ether oxygens (including phenoxy) is 1. The van der Waals surface area contributed by atoms with E-state index in [-0.39, 0.29) is 29.2 Å². The van der Waals surface area contributed by atoms with Crippen LogP contribution in [0, 0.1) is 0 Å². The van der Waals surface area contributed by atoms with E-state index in [9.17, 15) is 22.8 Å². The van der Waals surface area contributed by atoms with Crippen LogP contribution in [0.4, 0.5) is 13.2 Å². The van der Waals surface area contributed by atoms with Gasteiger partial charge in [0.05, 0.1) is 12.7 Å². The van der Waals surface area contributed by atoms with E-state index in [4.69, 9.17) is 4.74 Å². The second kappa shape index (κ2) is 11.2. The van der Waals surface area contributed by atoms with E-state index in [1.54, 1.807) is 13.2 Å². The van der Waals surface area contributed by atoms with Gasteiger partial charge in [0, 0.05) is 23.2 Å². The highest BCUT2D eigenvalue weighted by molar-refractivity contribution is 6.00. The maximum atomic E-state index is 13.8. The average molecular weight is 547 g/mol. The lowest BCUT2D eigenvalue weighted by Crippen LogP contribution is -2.59. The summed E-state index contributed by atoms with van der Waals surface area (Å²) in [7, 11) is 1.63. The molecule has 0 saturated heterocycles. The van der Waals surface area contributed by atoms with Gasteiger partial charge < -0.3 is 15.4 Å². The van der Waals surface area contributed by atoms with E-state index in [1.807, 2.05) is 12.1 Å². The number of carbonyl (C=O) groups excluding carboxylic acids is 2. The van der Waals surface area contributed by atoms with E-state index in [0.717, 1.165) is 48.3 Å². The molecule has 0 atom stereocenters. The molecule has 0 aromatic heterocycles. The zero-order valence-corrected chi connectivity index (χ0v) is 24.1. The Morgan fingerprint density at radius 1 is 0.897 bits per heavy atom. The first-order chi connectivity index (χ1) is 18.0. The molecule has 39 heavy (non-hydrogen) atoms. The molecule has 1 fully saturated rings. The molecule has 5 nitrogen and oxygen atoms in total. The van der Waals surface area contributed by atoms with Gasteiger partial charge in [0.1, 0.15) is 11.3 Å². The lowest BCUT2D eigenvalue weighted by molar-refractivity contribution is -0.137. The average Bonchev–Trinajstić information content (AvgIpc) is 2.85. The summed E-state index contributed by atoms with van der Waals surface area (Å²) in [6, 6.07) is 8.57. The summed E-state index contributed by atoms with van der Waals surface area (Å²) >= 11 is 0. The molecule has 0 heterocycles. The van der Waals surface area contributed by atoms with Crippen LogP contribution in [0.15, 0.2) is 36.4 Å². The topological polar surface area (TPSA) is 67.4 Å².